The molecule has 2 rings (SSSR count). The maximum Gasteiger partial charge on any atom is 0.252 e. The number of amides is 1. The van der Waals surface area contributed by atoms with E-state index in [9.17, 15) is 4.79 Å². The zero-order valence-corrected chi connectivity index (χ0v) is 11.7. The average Bonchev–Trinajstić information content (AvgIpc) is 2.46. The molecule has 0 bridgehead atoms. The Kier molecular flexibility index (Phi) is 4.19. The molecule has 1 fully saturated rings. The van der Waals surface area contributed by atoms with Gasteiger partial charge in [-0.25, -0.2) is 4.98 Å². The van der Waals surface area contributed by atoms with Crippen LogP contribution in [0.25, 0.3) is 0 Å². The highest BCUT2D eigenvalue weighted by atomic mass is 16.5. The normalized spacial score (nSPS) is 15.0. The molecule has 0 spiro atoms. The molecule has 1 aliphatic heterocycles. The van der Waals surface area contributed by atoms with Gasteiger partial charge < -0.3 is 26.1 Å². The van der Waals surface area contributed by atoms with Crippen LogP contribution in [-0.2, 0) is 4.74 Å². The molecule has 1 saturated heterocycles. The third kappa shape index (κ3) is 2.57. The molecule has 1 aliphatic rings. The minimum atomic E-state index is -0.538. The zero-order chi connectivity index (χ0) is 14.7. The van der Waals surface area contributed by atoms with Crippen molar-refractivity contribution in [2.24, 2.45) is 5.73 Å². The van der Waals surface area contributed by atoms with Crippen LogP contribution in [0.4, 0.5) is 11.5 Å². The van der Waals surface area contributed by atoms with E-state index in [1.165, 1.54) is 6.20 Å². The Labute approximate surface area is 117 Å². The Balaban J connectivity index is 2.63. The third-order valence-electron chi connectivity index (χ3n) is 3.26. The fourth-order valence-corrected chi connectivity index (χ4v) is 2.34. The van der Waals surface area contributed by atoms with Gasteiger partial charge >= 0.3 is 0 Å². The maximum atomic E-state index is 11.7. The highest BCUT2D eigenvalue weighted by molar-refractivity contribution is 6.11. The lowest BCUT2D eigenvalue weighted by Gasteiger charge is -2.32. The monoisotopic (exact) mass is 277 g/mol. The van der Waals surface area contributed by atoms with Crippen molar-refractivity contribution in [1.29, 1.82) is 5.41 Å². The van der Waals surface area contributed by atoms with E-state index in [0.29, 0.717) is 54.6 Å². The molecule has 7 heteroatoms. The van der Waals surface area contributed by atoms with Gasteiger partial charge in [0.1, 0.15) is 5.82 Å². The summed E-state index contributed by atoms with van der Waals surface area (Å²) in [5, 5.41) is 10.9. The predicted molar refractivity (Wildman–Crippen MR) is 77.8 cm³/mol. The molecule has 1 aromatic rings. The quantitative estimate of drug-likeness (QED) is 0.693. The van der Waals surface area contributed by atoms with E-state index in [2.05, 4.69) is 10.3 Å². The second-order valence-electron chi connectivity index (χ2n) is 4.58. The minimum absolute atomic E-state index is 0.339. The van der Waals surface area contributed by atoms with Gasteiger partial charge in [-0.05, 0) is 6.92 Å². The summed E-state index contributed by atoms with van der Waals surface area (Å²) in [4.78, 5) is 17.9. The van der Waals surface area contributed by atoms with Crippen molar-refractivity contribution in [1.82, 2.24) is 4.98 Å². The van der Waals surface area contributed by atoms with Crippen LogP contribution in [0.15, 0.2) is 6.20 Å². The van der Waals surface area contributed by atoms with Gasteiger partial charge in [-0.2, -0.15) is 0 Å². The van der Waals surface area contributed by atoms with Gasteiger partial charge in [-0.15, -0.1) is 0 Å². The maximum absolute atomic E-state index is 11.7. The zero-order valence-electron chi connectivity index (χ0n) is 11.7. The van der Waals surface area contributed by atoms with Gasteiger partial charge in [0, 0.05) is 32.0 Å². The molecule has 2 heterocycles. The molecule has 0 saturated carbocycles. The van der Waals surface area contributed by atoms with Gasteiger partial charge in [0.2, 0.25) is 0 Å². The number of nitrogens with zero attached hydrogens (tertiary/aromatic N) is 2. The number of carbonyl (C=O) groups is 1. The van der Waals surface area contributed by atoms with Gasteiger partial charge in [-0.1, -0.05) is 0 Å². The lowest BCUT2D eigenvalue weighted by Crippen LogP contribution is -2.38. The molecular weight excluding hydrogens is 258 g/mol. The number of ether oxygens (including phenoxy) is 1. The van der Waals surface area contributed by atoms with E-state index in [0.717, 1.165) is 0 Å². The summed E-state index contributed by atoms with van der Waals surface area (Å²) in [5.41, 5.74) is 7.42. The van der Waals surface area contributed by atoms with Gasteiger partial charge in [0.15, 0.2) is 0 Å². The van der Waals surface area contributed by atoms with Crippen LogP contribution in [0.3, 0.4) is 0 Å². The summed E-state index contributed by atoms with van der Waals surface area (Å²) in [6.45, 7) is 4.17. The molecule has 108 valence electrons. The number of rotatable bonds is 4. The summed E-state index contributed by atoms with van der Waals surface area (Å²) in [6, 6.07) is 0. The van der Waals surface area contributed by atoms with E-state index in [1.807, 2.05) is 4.90 Å². The largest absolute Gasteiger partial charge is 0.378 e. The Morgan fingerprint density at radius 1 is 1.50 bits per heavy atom. The lowest BCUT2D eigenvalue weighted by atomic mass is 10.0. The summed E-state index contributed by atoms with van der Waals surface area (Å²) < 4.78 is 5.34. The van der Waals surface area contributed by atoms with Gasteiger partial charge in [0.25, 0.3) is 5.91 Å². The van der Waals surface area contributed by atoms with Crippen LogP contribution in [0, 0.1) is 5.41 Å². The number of hydrogen-bond donors (Lipinski definition) is 3. The molecule has 1 amide bonds. The van der Waals surface area contributed by atoms with Crippen LogP contribution in [-0.4, -0.2) is 50.0 Å². The summed E-state index contributed by atoms with van der Waals surface area (Å²) >= 11 is 0. The predicted octanol–water partition coefficient (Wildman–Crippen LogP) is 0.447. The number of primary amides is 1. The Bertz CT molecular complexity index is 538. The van der Waals surface area contributed by atoms with Crippen molar-refractivity contribution in [3.05, 3.63) is 17.3 Å². The number of nitrogens with two attached hydrogens (primary N) is 1. The van der Waals surface area contributed by atoms with Crippen LogP contribution in [0.5, 0.6) is 0 Å². The molecule has 0 unspecified atom stereocenters. The Morgan fingerprint density at radius 3 is 2.65 bits per heavy atom. The SMILES string of the molecule is CNc1ncc(C(N)=O)c(N2CCOCC2)c1C(C)=N. The number of pyridine rings is 1. The minimum Gasteiger partial charge on any atom is -0.378 e. The lowest BCUT2D eigenvalue weighted by molar-refractivity contribution is 0.0998. The molecule has 4 N–H and O–H groups in total. The molecule has 0 radical (unpaired) electrons. The first kappa shape index (κ1) is 14.3. The summed E-state index contributed by atoms with van der Waals surface area (Å²) in [6.07, 6.45) is 1.46. The van der Waals surface area contributed by atoms with E-state index in [1.54, 1.807) is 14.0 Å². The number of anilines is 2. The first-order valence-corrected chi connectivity index (χ1v) is 6.45. The molecule has 0 aromatic carbocycles. The average molecular weight is 277 g/mol. The topological polar surface area (TPSA) is 104 Å². The highest BCUT2D eigenvalue weighted by Crippen LogP contribution is 2.30. The van der Waals surface area contributed by atoms with Gasteiger partial charge in [-0.3, -0.25) is 4.79 Å². The number of nitrogens with one attached hydrogen (secondary N) is 2. The van der Waals surface area contributed by atoms with Crippen molar-refractivity contribution in [3.63, 3.8) is 0 Å². The number of morpholine rings is 1. The fourth-order valence-electron chi connectivity index (χ4n) is 2.34. The number of carbonyl (C=O) groups excluding carboxylic acids is 1. The molecule has 0 aliphatic carbocycles. The molecule has 7 nitrogen and oxygen atoms in total. The Morgan fingerprint density at radius 2 is 2.15 bits per heavy atom. The smallest absolute Gasteiger partial charge is 0.252 e. The van der Waals surface area contributed by atoms with Crippen molar-refractivity contribution in [2.45, 2.75) is 6.92 Å². The second-order valence-corrected chi connectivity index (χ2v) is 4.58. The molecule has 1 aromatic heterocycles. The molecule has 0 atom stereocenters. The Hall–Kier alpha value is -2.15. The second kappa shape index (κ2) is 5.87. The van der Waals surface area contributed by atoms with Crippen LogP contribution >= 0.6 is 0 Å². The third-order valence-corrected chi connectivity index (χ3v) is 3.26. The molecule has 20 heavy (non-hydrogen) atoms. The number of hydrogen-bond acceptors (Lipinski definition) is 6. The van der Waals surface area contributed by atoms with E-state index in [4.69, 9.17) is 15.9 Å². The van der Waals surface area contributed by atoms with Crippen molar-refractivity contribution >= 4 is 23.1 Å². The van der Waals surface area contributed by atoms with E-state index in [-0.39, 0.29) is 0 Å². The van der Waals surface area contributed by atoms with E-state index >= 15 is 0 Å². The van der Waals surface area contributed by atoms with Crippen molar-refractivity contribution < 1.29 is 9.53 Å². The highest BCUT2D eigenvalue weighted by Gasteiger charge is 2.24. The summed E-state index contributed by atoms with van der Waals surface area (Å²) in [7, 11) is 1.74. The molecular formula is C13H19N5O2. The van der Waals surface area contributed by atoms with Crippen molar-refractivity contribution in [3.8, 4) is 0 Å². The fraction of sp³-hybridized carbons (Fsp3) is 0.462. The first-order valence-electron chi connectivity index (χ1n) is 6.45. The van der Waals surface area contributed by atoms with Crippen molar-refractivity contribution in [2.75, 3.05) is 43.6 Å². The van der Waals surface area contributed by atoms with Gasteiger partial charge in [0.05, 0.1) is 30.0 Å². The van der Waals surface area contributed by atoms with Crippen LogP contribution in [0.2, 0.25) is 0 Å². The van der Waals surface area contributed by atoms with Crippen LogP contribution in [0.1, 0.15) is 22.8 Å². The van der Waals surface area contributed by atoms with E-state index < -0.39 is 5.91 Å². The van der Waals surface area contributed by atoms with Crippen LogP contribution < -0.4 is 16.0 Å². The number of aromatic nitrogens is 1. The summed E-state index contributed by atoms with van der Waals surface area (Å²) in [5.74, 6) is 0.0353. The first-order chi connectivity index (χ1) is 9.56. The standard InChI is InChI=1S/C13H19N5O2/c1-8(14)10-11(18-3-5-20-6-4-18)9(12(15)19)7-17-13(10)16-2/h7,14H,3-6H2,1-2H3,(H2,15,19)(H,16,17).